The highest BCUT2D eigenvalue weighted by atomic mass is 32.2. The molecule has 0 spiro atoms. The van der Waals surface area contributed by atoms with E-state index in [4.69, 9.17) is 4.43 Å². The summed E-state index contributed by atoms with van der Waals surface area (Å²) in [5.74, 6) is -2.92. The minimum Gasteiger partial charge on any atom is -0.598 e. The predicted octanol–water partition coefficient (Wildman–Crippen LogP) is 5.52. The van der Waals surface area contributed by atoms with E-state index in [1.165, 1.54) is 12.1 Å². The van der Waals surface area contributed by atoms with Crippen LogP contribution in [0.1, 0.15) is 58.7 Å². The van der Waals surface area contributed by atoms with E-state index in [0.29, 0.717) is 12.2 Å². The maximum absolute atomic E-state index is 13.7. The first kappa shape index (κ1) is 23.6. The summed E-state index contributed by atoms with van der Waals surface area (Å²) >= 11 is -1.28. The molecule has 1 aromatic carbocycles. The van der Waals surface area contributed by atoms with Crippen LogP contribution in [0.25, 0.3) is 0 Å². The van der Waals surface area contributed by atoms with Gasteiger partial charge >= 0.3 is 0 Å². The second kappa shape index (κ2) is 8.69. The Morgan fingerprint density at radius 3 is 2.23 bits per heavy atom. The third-order valence-corrected chi connectivity index (χ3v) is 10.8. The fourth-order valence-corrected chi connectivity index (χ4v) is 3.78. The van der Waals surface area contributed by atoms with Crippen LogP contribution in [-0.2, 0) is 21.7 Å². The van der Waals surface area contributed by atoms with Crippen molar-refractivity contribution in [3.05, 3.63) is 35.4 Å². The lowest BCUT2D eigenvalue weighted by atomic mass is 10.0. The van der Waals surface area contributed by atoms with E-state index in [9.17, 15) is 13.3 Å². The first-order chi connectivity index (χ1) is 11.6. The van der Waals surface area contributed by atoms with Crippen LogP contribution in [0, 0.1) is 0 Å². The van der Waals surface area contributed by atoms with Gasteiger partial charge in [-0.25, -0.2) is 8.78 Å². The number of alkyl halides is 2. The smallest absolute Gasteiger partial charge is 0.270 e. The molecule has 0 bridgehead atoms. The van der Waals surface area contributed by atoms with Gasteiger partial charge in [-0.2, -0.15) is 0 Å². The van der Waals surface area contributed by atoms with Crippen molar-refractivity contribution in [2.45, 2.75) is 76.9 Å². The summed E-state index contributed by atoms with van der Waals surface area (Å²) in [7, 11) is -2.02. The number of benzene rings is 1. The van der Waals surface area contributed by atoms with Crippen LogP contribution in [-0.4, -0.2) is 24.7 Å². The Hall–Kier alpha value is -0.473. The highest BCUT2D eigenvalue weighted by molar-refractivity contribution is 7.90. The second-order valence-corrected chi connectivity index (χ2v) is 15.2. The Morgan fingerprint density at radius 1 is 1.19 bits per heavy atom. The van der Waals surface area contributed by atoms with Crippen LogP contribution in [0.3, 0.4) is 0 Å². The molecule has 2 atom stereocenters. The maximum Gasteiger partial charge on any atom is 0.270 e. The summed E-state index contributed by atoms with van der Waals surface area (Å²) < 4.78 is 49.1. The van der Waals surface area contributed by atoms with E-state index in [1.54, 1.807) is 12.1 Å². The second-order valence-electron chi connectivity index (χ2n) is 8.60. The van der Waals surface area contributed by atoms with Gasteiger partial charge in [0.1, 0.15) is 5.25 Å². The highest BCUT2D eigenvalue weighted by Gasteiger charge is 2.38. The van der Waals surface area contributed by atoms with Crippen molar-refractivity contribution in [3.8, 4) is 0 Å². The molecule has 1 unspecified atom stereocenters. The van der Waals surface area contributed by atoms with Crippen LogP contribution < -0.4 is 4.72 Å². The van der Waals surface area contributed by atoms with Crippen molar-refractivity contribution in [1.29, 1.82) is 0 Å². The van der Waals surface area contributed by atoms with Crippen LogP contribution in [0.4, 0.5) is 8.78 Å². The van der Waals surface area contributed by atoms with Gasteiger partial charge in [0.05, 0.1) is 12.6 Å². The summed E-state index contributed by atoms with van der Waals surface area (Å²) in [6.45, 7) is 15.6. The fourth-order valence-electron chi connectivity index (χ4n) is 2.01. The molecule has 1 N–H and O–H groups in total. The lowest BCUT2D eigenvalue weighted by Crippen LogP contribution is -2.44. The summed E-state index contributed by atoms with van der Waals surface area (Å²) in [5, 5.41) is -0.0475. The normalized spacial score (nSPS) is 16.0. The van der Waals surface area contributed by atoms with Crippen LogP contribution >= 0.6 is 0 Å². The third-order valence-electron chi connectivity index (χ3n) is 4.90. The molecular weight excluding hydrogens is 372 g/mol. The van der Waals surface area contributed by atoms with Crippen LogP contribution in [0.5, 0.6) is 0 Å². The molecule has 150 valence electrons. The highest BCUT2D eigenvalue weighted by Crippen LogP contribution is 2.37. The zero-order chi connectivity index (χ0) is 20.3. The minimum absolute atomic E-state index is 0.0348. The van der Waals surface area contributed by atoms with Crippen LogP contribution in [0.15, 0.2) is 24.3 Å². The Labute approximate surface area is 161 Å². The standard InChI is InChI=1S/C19H33F2NO2SSi/c1-14(2)25(23)22-17(13-24-26(7,8)18(3,4)5)15-10-9-11-16(12-15)19(6,20)21/h9-12,14,17,22H,13H2,1-8H3/t17-,25?/m1/s1. The molecule has 3 nitrogen and oxygen atoms in total. The van der Waals surface area contributed by atoms with Gasteiger partial charge in [0, 0.05) is 23.8 Å². The molecule has 0 aliphatic carbocycles. The number of halogens is 2. The Kier molecular flexibility index (Phi) is 7.88. The van der Waals surface area contributed by atoms with Gasteiger partial charge in [0.15, 0.2) is 8.32 Å². The maximum atomic E-state index is 13.7. The predicted molar refractivity (Wildman–Crippen MR) is 108 cm³/mol. The molecule has 0 aliphatic heterocycles. The van der Waals surface area contributed by atoms with Gasteiger partial charge in [-0.3, -0.25) is 0 Å². The van der Waals surface area contributed by atoms with Crippen molar-refractivity contribution in [3.63, 3.8) is 0 Å². The van der Waals surface area contributed by atoms with E-state index >= 15 is 0 Å². The zero-order valence-electron chi connectivity index (χ0n) is 17.2. The Bertz CT molecular complexity index is 586. The first-order valence-electron chi connectivity index (χ1n) is 8.94. The molecule has 7 heteroatoms. The van der Waals surface area contributed by atoms with E-state index in [2.05, 4.69) is 38.6 Å². The minimum atomic E-state index is -2.92. The molecule has 26 heavy (non-hydrogen) atoms. The van der Waals surface area contributed by atoms with Crippen molar-refractivity contribution < 1.29 is 17.8 Å². The van der Waals surface area contributed by atoms with Crippen molar-refractivity contribution in [2.75, 3.05) is 6.61 Å². The van der Waals surface area contributed by atoms with Gasteiger partial charge < -0.3 is 8.98 Å². The SMILES string of the molecule is CC(C)[S+]([O-])N[C@H](CO[Si](C)(C)C(C)(C)C)c1cccc(C(C)(F)F)c1. The molecule has 0 saturated carbocycles. The average molecular weight is 406 g/mol. The number of hydrogen-bond acceptors (Lipinski definition) is 3. The average Bonchev–Trinajstić information content (AvgIpc) is 2.49. The van der Waals surface area contributed by atoms with E-state index in [0.717, 1.165) is 6.92 Å². The molecule has 0 amide bonds. The van der Waals surface area contributed by atoms with Crippen LogP contribution in [0.2, 0.25) is 18.1 Å². The van der Waals surface area contributed by atoms with Crippen molar-refractivity contribution in [2.24, 2.45) is 0 Å². The number of rotatable bonds is 8. The van der Waals surface area contributed by atoms with Gasteiger partial charge in [0.2, 0.25) is 0 Å². The lowest BCUT2D eigenvalue weighted by Gasteiger charge is -2.37. The summed E-state index contributed by atoms with van der Waals surface area (Å²) in [6.07, 6.45) is 0. The molecule has 0 radical (unpaired) electrons. The molecule has 0 fully saturated rings. The zero-order valence-corrected chi connectivity index (χ0v) is 19.0. The molecule has 1 aromatic rings. The van der Waals surface area contributed by atoms with Gasteiger partial charge in [-0.1, -0.05) is 39.0 Å². The Morgan fingerprint density at radius 2 is 1.77 bits per heavy atom. The van der Waals surface area contributed by atoms with Crippen molar-refractivity contribution in [1.82, 2.24) is 4.72 Å². The van der Waals surface area contributed by atoms with Crippen molar-refractivity contribution >= 4 is 19.7 Å². The van der Waals surface area contributed by atoms with E-state index < -0.39 is 31.6 Å². The van der Waals surface area contributed by atoms with Gasteiger partial charge in [-0.15, -0.1) is 4.72 Å². The molecule has 0 aliphatic rings. The van der Waals surface area contributed by atoms with E-state index in [-0.39, 0.29) is 15.9 Å². The fraction of sp³-hybridized carbons (Fsp3) is 0.684. The number of hydrogen-bond donors (Lipinski definition) is 1. The lowest BCUT2D eigenvalue weighted by molar-refractivity contribution is 0.0173. The number of nitrogens with one attached hydrogen (secondary N) is 1. The largest absolute Gasteiger partial charge is 0.598 e. The topological polar surface area (TPSA) is 44.3 Å². The van der Waals surface area contributed by atoms with Gasteiger partial charge in [0.25, 0.3) is 5.92 Å². The third kappa shape index (κ3) is 6.60. The summed E-state index contributed by atoms with van der Waals surface area (Å²) in [6, 6.07) is 5.87. The quantitative estimate of drug-likeness (QED) is 0.457. The van der Waals surface area contributed by atoms with E-state index in [1.807, 2.05) is 13.8 Å². The molecule has 1 rings (SSSR count). The monoisotopic (exact) mass is 405 g/mol. The molecular formula is C19H33F2NO2SSi. The first-order valence-corrected chi connectivity index (χ1v) is 13.1. The molecule has 0 saturated heterocycles. The summed E-state index contributed by atoms with van der Waals surface area (Å²) in [5.41, 5.74) is 0.612. The van der Waals surface area contributed by atoms with Gasteiger partial charge in [-0.05, 0) is 43.6 Å². The molecule has 0 heterocycles. The molecule has 0 aromatic heterocycles. The Balaban J connectivity index is 3.10. The summed E-state index contributed by atoms with van der Waals surface area (Å²) in [4.78, 5) is 0.